The molecule has 9 heteroatoms. The number of amides is 1. The Morgan fingerprint density at radius 2 is 1.46 bits per heavy atom. The number of halogens is 2. The predicted molar refractivity (Wildman–Crippen MR) is 112 cm³/mol. The zero-order valence-electron chi connectivity index (χ0n) is 15.7. The van der Waals surface area contributed by atoms with Crippen molar-refractivity contribution in [3.05, 3.63) is 44.3 Å². The molecule has 0 spiro atoms. The highest BCUT2D eigenvalue weighted by atomic mass is 79.9. The lowest BCUT2D eigenvalue weighted by Gasteiger charge is -2.18. The first-order valence-electron chi connectivity index (χ1n) is 8.05. The molecule has 0 saturated carbocycles. The van der Waals surface area contributed by atoms with Crippen LogP contribution < -0.4 is 19.5 Å². The second-order valence-electron chi connectivity index (χ2n) is 5.54. The number of esters is 1. The smallest absolute Gasteiger partial charge is 0.341 e. The topological polar surface area (TPSA) is 83.1 Å². The number of ether oxygens (including phenoxy) is 4. The summed E-state index contributed by atoms with van der Waals surface area (Å²) in [5, 5.41) is 2.70. The molecule has 0 fully saturated rings. The molecule has 0 atom stereocenters. The molecule has 0 aliphatic rings. The van der Waals surface area contributed by atoms with Crippen LogP contribution in [0.1, 0.15) is 15.9 Å². The Bertz CT molecular complexity index is 869. The number of methoxy groups -OCH3 is 3. The second-order valence-corrected chi connectivity index (χ2v) is 7.13. The largest absolute Gasteiger partial charge is 0.492 e. The Morgan fingerprint density at radius 1 is 0.929 bits per heavy atom. The molecule has 1 amide bonds. The van der Waals surface area contributed by atoms with E-state index < -0.39 is 18.5 Å². The Labute approximate surface area is 179 Å². The third kappa shape index (κ3) is 4.59. The highest BCUT2D eigenvalue weighted by Gasteiger charge is 2.29. The van der Waals surface area contributed by atoms with Crippen molar-refractivity contribution < 1.29 is 28.5 Å². The van der Waals surface area contributed by atoms with Crippen molar-refractivity contribution in [1.82, 2.24) is 0 Å². The molecule has 0 unspecified atom stereocenters. The van der Waals surface area contributed by atoms with E-state index in [1.807, 2.05) is 19.1 Å². The second kappa shape index (κ2) is 9.79. The summed E-state index contributed by atoms with van der Waals surface area (Å²) in [6.07, 6.45) is 0. The molecule has 28 heavy (non-hydrogen) atoms. The zero-order chi connectivity index (χ0) is 20.8. The number of nitrogens with one attached hydrogen (secondary N) is 1. The molecule has 1 N–H and O–H groups in total. The third-order valence-corrected chi connectivity index (χ3v) is 5.33. The average Bonchev–Trinajstić information content (AvgIpc) is 2.67. The van der Waals surface area contributed by atoms with Gasteiger partial charge in [0.15, 0.2) is 18.1 Å². The van der Waals surface area contributed by atoms with Crippen molar-refractivity contribution in [2.24, 2.45) is 0 Å². The monoisotopic (exact) mass is 515 g/mol. The van der Waals surface area contributed by atoms with Crippen LogP contribution in [0.2, 0.25) is 0 Å². The van der Waals surface area contributed by atoms with Crippen molar-refractivity contribution >= 4 is 49.4 Å². The van der Waals surface area contributed by atoms with Crippen LogP contribution in [0.25, 0.3) is 0 Å². The third-order valence-electron chi connectivity index (χ3n) is 3.82. The van der Waals surface area contributed by atoms with E-state index in [0.717, 1.165) is 5.56 Å². The van der Waals surface area contributed by atoms with Crippen LogP contribution in [-0.4, -0.2) is 39.8 Å². The van der Waals surface area contributed by atoms with Crippen LogP contribution in [-0.2, 0) is 9.53 Å². The predicted octanol–water partition coefficient (Wildman–Crippen LogP) is 4.34. The number of carbonyl (C=O) groups excluding carboxylic acids is 2. The first-order valence-corrected chi connectivity index (χ1v) is 9.63. The normalized spacial score (nSPS) is 10.2. The van der Waals surface area contributed by atoms with E-state index in [4.69, 9.17) is 18.9 Å². The fourth-order valence-electron chi connectivity index (χ4n) is 2.46. The molecule has 0 bridgehead atoms. The number of hydrogen-bond donors (Lipinski definition) is 1. The first-order chi connectivity index (χ1) is 13.3. The van der Waals surface area contributed by atoms with E-state index in [9.17, 15) is 9.59 Å². The standard InChI is InChI=1S/C19H19Br2NO6/c1-10-7-5-6-8-11(10)22-12(23)9-28-19(24)13-14(20)16(25-2)18(27-4)17(26-3)15(13)21/h5-8H,9H2,1-4H3,(H,22,23). The van der Waals surface area contributed by atoms with Crippen molar-refractivity contribution in [1.29, 1.82) is 0 Å². The number of hydrogen-bond acceptors (Lipinski definition) is 6. The van der Waals surface area contributed by atoms with E-state index in [2.05, 4.69) is 37.2 Å². The SMILES string of the molecule is COc1c(Br)c(C(=O)OCC(=O)Nc2ccccc2C)c(Br)c(OC)c1OC. The van der Waals surface area contributed by atoms with E-state index in [1.54, 1.807) is 12.1 Å². The molecule has 0 radical (unpaired) electrons. The highest BCUT2D eigenvalue weighted by Crippen LogP contribution is 2.50. The summed E-state index contributed by atoms with van der Waals surface area (Å²) < 4.78 is 21.7. The lowest BCUT2D eigenvalue weighted by molar-refractivity contribution is -0.119. The molecule has 2 aromatic carbocycles. The van der Waals surface area contributed by atoms with Gasteiger partial charge in [-0.05, 0) is 50.4 Å². The minimum absolute atomic E-state index is 0.109. The maximum atomic E-state index is 12.6. The van der Waals surface area contributed by atoms with E-state index in [1.165, 1.54) is 21.3 Å². The first kappa shape index (κ1) is 22.0. The molecule has 0 aliphatic heterocycles. The fourth-order valence-corrected chi connectivity index (χ4v) is 4.13. The summed E-state index contributed by atoms with van der Waals surface area (Å²) in [6.45, 7) is 1.41. The van der Waals surface area contributed by atoms with Gasteiger partial charge in [-0.25, -0.2) is 4.79 Å². The molecule has 150 valence electrons. The molecular weight excluding hydrogens is 498 g/mol. The van der Waals surface area contributed by atoms with Gasteiger partial charge in [0.2, 0.25) is 5.75 Å². The summed E-state index contributed by atoms with van der Waals surface area (Å²) in [5.41, 5.74) is 1.66. The number of benzene rings is 2. The maximum absolute atomic E-state index is 12.6. The summed E-state index contributed by atoms with van der Waals surface area (Å²) in [4.78, 5) is 24.8. The van der Waals surface area contributed by atoms with Crippen molar-refractivity contribution in [2.75, 3.05) is 33.3 Å². The van der Waals surface area contributed by atoms with Gasteiger partial charge in [0.05, 0.1) is 35.8 Å². The van der Waals surface area contributed by atoms with Crippen molar-refractivity contribution in [3.63, 3.8) is 0 Å². The van der Waals surface area contributed by atoms with Gasteiger partial charge in [-0.3, -0.25) is 4.79 Å². The van der Waals surface area contributed by atoms with Crippen LogP contribution in [0.5, 0.6) is 17.2 Å². The number of aryl methyl sites for hydroxylation is 1. The van der Waals surface area contributed by atoms with Crippen LogP contribution in [0.15, 0.2) is 33.2 Å². The van der Waals surface area contributed by atoms with Gasteiger partial charge in [0.1, 0.15) is 0 Å². The number of anilines is 1. The van der Waals surface area contributed by atoms with Gasteiger partial charge in [-0.2, -0.15) is 0 Å². The average molecular weight is 517 g/mol. The Kier molecular flexibility index (Phi) is 7.70. The van der Waals surface area contributed by atoms with E-state index in [0.29, 0.717) is 20.4 Å². The molecule has 7 nitrogen and oxygen atoms in total. The van der Waals surface area contributed by atoms with E-state index in [-0.39, 0.29) is 17.1 Å². The number of rotatable bonds is 7. The summed E-state index contributed by atoms with van der Waals surface area (Å²) in [6, 6.07) is 7.30. The molecule has 2 rings (SSSR count). The fraction of sp³-hybridized carbons (Fsp3) is 0.263. The van der Waals surface area contributed by atoms with Crippen molar-refractivity contribution in [2.45, 2.75) is 6.92 Å². The molecule has 0 aliphatic carbocycles. The zero-order valence-corrected chi connectivity index (χ0v) is 18.9. The van der Waals surface area contributed by atoms with Gasteiger partial charge in [-0.1, -0.05) is 18.2 Å². The minimum Gasteiger partial charge on any atom is -0.492 e. The minimum atomic E-state index is -0.738. The van der Waals surface area contributed by atoms with Crippen LogP contribution >= 0.6 is 31.9 Å². The summed E-state index contributed by atoms with van der Waals surface area (Å²) >= 11 is 6.65. The Balaban J connectivity index is 2.22. The van der Waals surface area contributed by atoms with E-state index >= 15 is 0 Å². The number of para-hydroxylation sites is 1. The van der Waals surface area contributed by atoms with Crippen LogP contribution in [0.4, 0.5) is 5.69 Å². The van der Waals surface area contributed by atoms with Gasteiger partial charge in [-0.15, -0.1) is 0 Å². The van der Waals surface area contributed by atoms with Crippen LogP contribution in [0.3, 0.4) is 0 Å². The van der Waals surface area contributed by atoms with Crippen LogP contribution in [0, 0.1) is 6.92 Å². The van der Waals surface area contributed by atoms with Gasteiger partial charge in [0, 0.05) is 5.69 Å². The van der Waals surface area contributed by atoms with Gasteiger partial charge < -0.3 is 24.3 Å². The molecule has 0 saturated heterocycles. The number of carbonyl (C=O) groups is 2. The highest BCUT2D eigenvalue weighted by molar-refractivity contribution is 9.11. The van der Waals surface area contributed by atoms with Gasteiger partial charge >= 0.3 is 5.97 Å². The molecule has 2 aromatic rings. The lowest BCUT2D eigenvalue weighted by atomic mass is 10.2. The van der Waals surface area contributed by atoms with Crippen molar-refractivity contribution in [3.8, 4) is 17.2 Å². The lowest BCUT2D eigenvalue weighted by Crippen LogP contribution is -2.22. The quantitative estimate of drug-likeness (QED) is 0.551. The summed E-state index contributed by atoms with van der Waals surface area (Å²) in [5.74, 6) is -0.365. The Hall–Kier alpha value is -2.26. The van der Waals surface area contributed by atoms with Gasteiger partial charge in [0.25, 0.3) is 5.91 Å². The molecule has 0 aromatic heterocycles. The molecular formula is C19H19Br2NO6. The Morgan fingerprint density at radius 3 is 1.96 bits per heavy atom. The molecule has 0 heterocycles. The maximum Gasteiger partial charge on any atom is 0.341 e. The summed E-state index contributed by atoms with van der Waals surface area (Å²) in [7, 11) is 4.31.